The van der Waals surface area contributed by atoms with Crippen LogP contribution in [0.5, 0.6) is 5.75 Å². The van der Waals surface area contributed by atoms with Crippen molar-refractivity contribution in [3.8, 4) is 5.75 Å². The lowest BCUT2D eigenvalue weighted by molar-refractivity contribution is -0.124. The van der Waals surface area contributed by atoms with Gasteiger partial charge in [-0.15, -0.1) is 0 Å². The molecule has 28 heavy (non-hydrogen) atoms. The first-order chi connectivity index (χ1) is 13.1. The summed E-state index contributed by atoms with van der Waals surface area (Å²) < 4.78 is 5.42. The van der Waals surface area contributed by atoms with Gasteiger partial charge >= 0.3 is 6.09 Å². The molecule has 0 radical (unpaired) electrons. The summed E-state index contributed by atoms with van der Waals surface area (Å²) in [5, 5.41) is 3.63. The van der Waals surface area contributed by atoms with Crippen LogP contribution in [0.15, 0.2) is 42.5 Å². The summed E-state index contributed by atoms with van der Waals surface area (Å²) in [6.07, 6.45) is 1.11. The molecule has 7 heteroatoms. The Hall–Kier alpha value is -2.24. The number of nitrogens with zero attached hydrogens (tertiary/aromatic N) is 1. The van der Waals surface area contributed by atoms with Gasteiger partial charge in [0.25, 0.3) is 0 Å². The van der Waals surface area contributed by atoms with Crippen LogP contribution in [0.25, 0.3) is 0 Å². The summed E-state index contributed by atoms with van der Waals surface area (Å²) in [6.45, 7) is 5.85. The Kier molecular flexibility index (Phi) is 7.33. The number of carbonyl (C=O) groups excluding carboxylic acids is 2. The van der Waals surface area contributed by atoms with E-state index in [1.807, 2.05) is 20.8 Å². The number of rotatable bonds is 6. The highest BCUT2D eigenvalue weighted by atomic mass is 35.5. The van der Waals surface area contributed by atoms with Crippen LogP contribution in [0.4, 0.5) is 16.2 Å². The molecule has 0 atom stereocenters. The first-order valence-corrected chi connectivity index (χ1v) is 9.71. The van der Waals surface area contributed by atoms with Crippen LogP contribution in [-0.2, 0) is 4.79 Å². The topological polar surface area (TPSA) is 58.6 Å². The van der Waals surface area contributed by atoms with E-state index in [1.165, 1.54) is 4.90 Å². The molecule has 0 aliphatic heterocycles. The summed E-state index contributed by atoms with van der Waals surface area (Å²) in [5.41, 5.74) is 0.636. The van der Waals surface area contributed by atoms with Crippen molar-refractivity contribution < 1.29 is 14.3 Å². The van der Waals surface area contributed by atoms with Crippen LogP contribution < -0.4 is 15.0 Å². The minimum Gasteiger partial charge on any atom is -0.410 e. The second-order valence-electron chi connectivity index (χ2n) is 7.14. The molecule has 2 rings (SSSR count). The Morgan fingerprint density at radius 2 is 1.82 bits per heavy atom. The molecule has 2 aromatic carbocycles. The Labute approximate surface area is 175 Å². The van der Waals surface area contributed by atoms with Crippen molar-refractivity contribution in [2.75, 3.05) is 17.3 Å². The van der Waals surface area contributed by atoms with Gasteiger partial charge in [-0.05, 0) is 36.8 Å². The number of anilines is 2. The summed E-state index contributed by atoms with van der Waals surface area (Å²) in [5.74, 6) is 0.244. The molecule has 0 aliphatic carbocycles. The smallest absolute Gasteiger partial charge is 0.410 e. The van der Waals surface area contributed by atoms with E-state index in [1.54, 1.807) is 49.5 Å². The third kappa shape index (κ3) is 5.63. The molecule has 0 spiro atoms. The first-order valence-electron chi connectivity index (χ1n) is 8.96. The zero-order valence-electron chi connectivity index (χ0n) is 16.4. The lowest BCUT2D eigenvalue weighted by Gasteiger charge is -2.23. The summed E-state index contributed by atoms with van der Waals surface area (Å²) in [4.78, 5) is 26.2. The van der Waals surface area contributed by atoms with Crippen molar-refractivity contribution in [2.24, 2.45) is 5.41 Å². The van der Waals surface area contributed by atoms with Crippen LogP contribution in [0.3, 0.4) is 0 Å². The predicted molar refractivity (Wildman–Crippen MR) is 115 cm³/mol. The van der Waals surface area contributed by atoms with Gasteiger partial charge in [0.15, 0.2) is 0 Å². The fourth-order valence-corrected chi connectivity index (χ4v) is 2.94. The third-order valence-electron chi connectivity index (χ3n) is 4.35. The molecule has 0 aliphatic rings. The van der Waals surface area contributed by atoms with Crippen molar-refractivity contribution in [3.63, 3.8) is 0 Å². The number of halogens is 2. The van der Waals surface area contributed by atoms with Gasteiger partial charge < -0.3 is 10.1 Å². The van der Waals surface area contributed by atoms with E-state index in [0.717, 1.165) is 12.8 Å². The molecule has 2 amide bonds. The normalized spacial score (nSPS) is 11.1. The zero-order valence-corrected chi connectivity index (χ0v) is 17.9. The van der Waals surface area contributed by atoms with Crippen molar-refractivity contribution in [3.05, 3.63) is 52.5 Å². The summed E-state index contributed by atoms with van der Waals surface area (Å²) in [7, 11) is 1.57. The molecular weight excluding hydrogens is 399 g/mol. The zero-order chi connectivity index (χ0) is 20.9. The lowest BCUT2D eigenvalue weighted by Crippen LogP contribution is -2.31. The number of carbonyl (C=O) groups is 2. The number of hydrogen-bond acceptors (Lipinski definition) is 3. The van der Waals surface area contributed by atoms with Gasteiger partial charge in [0.2, 0.25) is 5.91 Å². The standard InChI is InChI=1S/C21H24Cl2N2O3/c1-5-11-21(2,3)19(26)24-14-7-6-8-16(12-14)28-20(27)25(4)15-9-10-17(22)18(23)13-15/h6-10,12-13H,5,11H2,1-4H3,(H,24,26). The number of ether oxygens (including phenoxy) is 1. The summed E-state index contributed by atoms with van der Waals surface area (Å²) in [6, 6.07) is 11.6. The molecule has 0 saturated heterocycles. The average molecular weight is 423 g/mol. The molecule has 150 valence electrons. The molecule has 0 bridgehead atoms. The molecule has 0 unspecified atom stereocenters. The second-order valence-corrected chi connectivity index (χ2v) is 7.96. The SMILES string of the molecule is CCCC(C)(C)C(=O)Nc1cccc(OC(=O)N(C)c2ccc(Cl)c(Cl)c2)c1. The van der Waals surface area contributed by atoms with Crippen LogP contribution in [-0.4, -0.2) is 19.0 Å². The molecule has 0 aromatic heterocycles. The highest BCUT2D eigenvalue weighted by Gasteiger charge is 2.26. The molecular formula is C21H24Cl2N2O3. The predicted octanol–water partition coefficient (Wildman–Crippen LogP) is 6.39. The van der Waals surface area contributed by atoms with E-state index < -0.39 is 11.5 Å². The summed E-state index contributed by atoms with van der Waals surface area (Å²) >= 11 is 11.9. The van der Waals surface area contributed by atoms with E-state index in [2.05, 4.69) is 5.32 Å². The van der Waals surface area contributed by atoms with E-state index >= 15 is 0 Å². The maximum atomic E-state index is 12.5. The van der Waals surface area contributed by atoms with Crippen molar-refractivity contribution >= 4 is 46.6 Å². The Bertz CT molecular complexity index is 868. The van der Waals surface area contributed by atoms with Crippen LogP contribution in [0, 0.1) is 5.41 Å². The monoisotopic (exact) mass is 422 g/mol. The van der Waals surface area contributed by atoms with Gasteiger partial charge in [-0.1, -0.05) is 56.5 Å². The molecule has 0 saturated carbocycles. The molecule has 1 N–H and O–H groups in total. The first kappa shape index (κ1) is 22.1. The maximum Gasteiger partial charge on any atom is 0.419 e. The van der Waals surface area contributed by atoms with E-state index in [4.69, 9.17) is 27.9 Å². The molecule has 2 aromatic rings. The fraction of sp³-hybridized carbons (Fsp3) is 0.333. The highest BCUT2D eigenvalue weighted by molar-refractivity contribution is 6.42. The van der Waals surface area contributed by atoms with E-state index in [9.17, 15) is 9.59 Å². The largest absolute Gasteiger partial charge is 0.419 e. The third-order valence-corrected chi connectivity index (χ3v) is 5.09. The van der Waals surface area contributed by atoms with Gasteiger partial charge in [-0.2, -0.15) is 0 Å². The van der Waals surface area contributed by atoms with Crippen molar-refractivity contribution in [1.29, 1.82) is 0 Å². The minimum atomic E-state index is -0.590. The van der Waals surface area contributed by atoms with Gasteiger partial charge in [-0.3, -0.25) is 9.69 Å². The molecule has 5 nitrogen and oxygen atoms in total. The van der Waals surface area contributed by atoms with Gasteiger partial charge in [0.05, 0.1) is 10.0 Å². The number of benzene rings is 2. The van der Waals surface area contributed by atoms with Crippen LogP contribution in [0.2, 0.25) is 10.0 Å². The van der Waals surface area contributed by atoms with Crippen molar-refractivity contribution in [1.82, 2.24) is 0 Å². The maximum absolute atomic E-state index is 12.5. The van der Waals surface area contributed by atoms with E-state index in [-0.39, 0.29) is 5.91 Å². The van der Waals surface area contributed by atoms with Crippen molar-refractivity contribution in [2.45, 2.75) is 33.6 Å². The molecule has 0 fully saturated rings. The Morgan fingerprint density at radius 1 is 1.11 bits per heavy atom. The fourth-order valence-electron chi connectivity index (χ4n) is 2.64. The average Bonchev–Trinajstić information content (AvgIpc) is 2.63. The van der Waals surface area contributed by atoms with E-state index in [0.29, 0.717) is 27.2 Å². The second kappa shape index (κ2) is 9.30. The number of hydrogen-bond donors (Lipinski definition) is 1. The highest BCUT2D eigenvalue weighted by Crippen LogP contribution is 2.28. The quantitative estimate of drug-likeness (QED) is 0.585. The number of nitrogens with one attached hydrogen (secondary N) is 1. The van der Waals surface area contributed by atoms with Crippen LogP contribution in [0.1, 0.15) is 33.6 Å². The van der Waals surface area contributed by atoms with Gasteiger partial charge in [0, 0.05) is 29.9 Å². The molecule has 0 heterocycles. The van der Waals surface area contributed by atoms with Gasteiger partial charge in [-0.25, -0.2) is 4.79 Å². The lowest BCUT2D eigenvalue weighted by atomic mass is 9.87. The Balaban J connectivity index is 2.08. The van der Waals surface area contributed by atoms with Crippen LogP contribution >= 0.6 is 23.2 Å². The van der Waals surface area contributed by atoms with Gasteiger partial charge in [0.1, 0.15) is 5.75 Å². The number of amides is 2. The Morgan fingerprint density at radius 3 is 2.46 bits per heavy atom. The minimum absolute atomic E-state index is 0.0780.